The minimum Gasteiger partial charge on any atom is -0.273 e. The molecule has 0 spiro atoms. The van der Waals surface area contributed by atoms with Gasteiger partial charge in [0.1, 0.15) is 0 Å². The van der Waals surface area contributed by atoms with Gasteiger partial charge in [-0.1, -0.05) is 0 Å². The maximum atomic E-state index is 4.33. The third-order valence-corrected chi connectivity index (χ3v) is 2.29. The standard InChI is InChI=1S/C10H14N4/c1-9-4-7-14(12-9)8-5-10-3-6-11-13(10)2/h3-4,6-7H,5,8H2,1-2H3. The molecule has 2 aromatic heterocycles. The smallest absolute Gasteiger partial charge is 0.0593 e. The van der Waals surface area contributed by atoms with E-state index in [1.54, 1.807) is 0 Å². The van der Waals surface area contributed by atoms with Crippen LogP contribution in [0.2, 0.25) is 0 Å². The number of hydrogen-bond donors (Lipinski definition) is 0. The lowest BCUT2D eigenvalue weighted by atomic mass is 10.3. The molecule has 0 radical (unpaired) electrons. The highest BCUT2D eigenvalue weighted by atomic mass is 15.3. The minimum absolute atomic E-state index is 0.910. The van der Waals surface area contributed by atoms with Crippen molar-refractivity contribution in [1.29, 1.82) is 0 Å². The molecule has 2 heterocycles. The Kier molecular flexibility index (Phi) is 2.35. The van der Waals surface area contributed by atoms with Crippen molar-refractivity contribution in [3.05, 3.63) is 35.9 Å². The van der Waals surface area contributed by atoms with Gasteiger partial charge >= 0.3 is 0 Å². The average molecular weight is 190 g/mol. The number of aryl methyl sites for hydroxylation is 4. The molecule has 74 valence electrons. The number of aromatic nitrogens is 4. The molecule has 2 rings (SSSR count). The van der Waals surface area contributed by atoms with Crippen molar-refractivity contribution in [1.82, 2.24) is 19.6 Å². The zero-order valence-corrected chi connectivity index (χ0v) is 8.51. The van der Waals surface area contributed by atoms with Crippen molar-refractivity contribution >= 4 is 0 Å². The summed E-state index contributed by atoms with van der Waals surface area (Å²) in [5.74, 6) is 0. The summed E-state index contributed by atoms with van der Waals surface area (Å²) < 4.78 is 3.86. The van der Waals surface area contributed by atoms with Crippen molar-refractivity contribution in [3.8, 4) is 0 Å². The molecule has 4 nitrogen and oxygen atoms in total. The monoisotopic (exact) mass is 190 g/mol. The molecule has 0 saturated carbocycles. The van der Waals surface area contributed by atoms with Gasteiger partial charge in [0, 0.05) is 38.1 Å². The van der Waals surface area contributed by atoms with E-state index < -0.39 is 0 Å². The van der Waals surface area contributed by atoms with Gasteiger partial charge in [0.2, 0.25) is 0 Å². The highest BCUT2D eigenvalue weighted by Crippen LogP contribution is 2.00. The maximum Gasteiger partial charge on any atom is 0.0593 e. The van der Waals surface area contributed by atoms with Crippen LogP contribution in [0.5, 0.6) is 0 Å². The van der Waals surface area contributed by atoms with E-state index in [2.05, 4.69) is 10.2 Å². The fourth-order valence-corrected chi connectivity index (χ4v) is 1.46. The predicted molar refractivity (Wildman–Crippen MR) is 53.9 cm³/mol. The summed E-state index contributed by atoms with van der Waals surface area (Å²) in [4.78, 5) is 0. The maximum absolute atomic E-state index is 4.33. The molecule has 14 heavy (non-hydrogen) atoms. The first-order valence-corrected chi connectivity index (χ1v) is 4.72. The van der Waals surface area contributed by atoms with Crippen molar-refractivity contribution in [2.75, 3.05) is 0 Å². The third-order valence-electron chi connectivity index (χ3n) is 2.29. The minimum atomic E-state index is 0.910. The fourth-order valence-electron chi connectivity index (χ4n) is 1.46. The van der Waals surface area contributed by atoms with E-state index in [1.165, 1.54) is 5.69 Å². The highest BCUT2D eigenvalue weighted by molar-refractivity contribution is 5.00. The first-order valence-electron chi connectivity index (χ1n) is 4.72. The Bertz CT molecular complexity index is 413. The van der Waals surface area contributed by atoms with Gasteiger partial charge in [-0.25, -0.2) is 0 Å². The summed E-state index contributed by atoms with van der Waals surface area (Å²) in [6, 6.07) is 4.06. The lowest BCUT2D eigenvalue weighted by Crippen LogP contribution is -2.05. The van der Waals surface area contributed by atoms with Gasteiger partial charge in [0.25, 0.3) is 0 Å². The molecule has 0 saturated heterocycles. The topological polar surface area (TPSA) is 35.6 Å². The second kappa shape index (κ2) is 3.65. The largest absolute Gasteiger partial charge is 0.273 e. The summed E-state index contributed by atoms with van der Waals surface area (Å²) in [6.45, 7) is 2.91. The Morgan fingerprint density at radius 1 is 1.36 bits per heavy atom. The van der Waals surface area contributed by atoms with Crippen LogP contribution in [0.3, 0.4) is 0 Å². The van der Waals surface area contributed by atoms with E-state index in [0.717, 1.165) is 18.7 Å². The molecule has 4 heteroatoms. The molecular weight excluding hydrogens is 176 g/mol. The number of nitrogens with zero attached hydrogens (tertiary/aromatic N) is 4. The van der Waals surface area contributed by atoms with Crippen LogP contribution < -0.4 is 0 Å². The van der Waals surface area contributed by atoms with Gasteiger partial charge in [-0.3, -0.25) is 9.36 Å². The molecule has 0 aliphatic rings. The molecule has 0 bridgehead atoms. The zero-order valence-electron chi connectivity index (χ0n) is 8.51. The Balaban J connectivity index is 1.98. The van der Waals surface area contributed by atoms with E-state index in [4.69, 9.17) is 0 Å². The first kappa shape index (κ1) is 8.99. The predicted octanol–water partition coefficient (Wildman–Crippen LogP) is 1.17. The Morgan fingerprint density at radius 3 is 2.79 bits per heavy atom. The summed E-state index contributed by atoms with van der Waals surface area (Å²) >= 11 is 0. The van der Waals surface area contributed by atoms with Gasteiger partial charge in [-0.2, -0.15) is 10.2 Å². The van der Waals surface area contributed by atoms with Crippen LogP contribution in [-0.2, 0) is 20.0 Å². The molecule has 0 aliphatic heterocycles. The van der Waals surface area contributed by atoms with Crippen LogP contribution >= 0.6 is 0 Å². The van der Waals surface area contributed by atoms with Crippen LogP contribution in [0, 0.1) is 6.92 Å². The summed E-state index contributed by atoms with van der Waals surface area (Å²) in [7, 11) is 1.96. The van der Waals surface area contributed by atoms with Gasteiger partial charge < -0.3 is 0 Å². The fraction of sp³-hybridized carbons (Fsp3) is 0.400. The second-order valence-corrected chi connectivity index (χ2v) is 3.42. The Hall–Kier alpha value is -1.58. The lowest BCUT2D eigenvalue weighted by molar-refractivity contribution is 0.583. The van der Waals surface area contributed by atoms with Crippen LogP contribution in [0.4, 0.5) is 0 Å². The van der Waals surface area contributed by atoms with Gasteiger partial charge in [-0.15, -0.1) is 0 Å². The first-order chi connectivity index (χ1) is 6.75. The number of hydrogen-bond acceptors (Lipinski definition) is 2. The van der Waals surface area contributed by atoms with Crippen molar-refractivity contribution in [2.45, 2.75) is 19.9 Å². The normalized spacial score (nSPS) is 10.7. The van der Waals surface area contributed by atoms with E-state index in [0.29, 0.717) is 0 Å². The van der Waals surface area contributed by atoms with Crippen molar-refractivity contribution in [3.63, 3.8) is 0 Å². The highest BCUT2D eigenvalue weighted by Gasteiger charge is 1.99. The molecule has 2 aromatic rings. The van der Waals surface area contributed by atoms with E-state index >= 15 is 0 Å². The van der Waals surface area contributed by atoms with E-state index in [1.807, 2.05) is 47.9 Å². The molecule has 0 aromatic carbocycles. The Labute approximate surface area is 83.2 Å². The van der Waals surface area contributed by atoms with Gasteiger partial charge in [0.05, 0.1) is 5.69 Å². The van der Waals surface area contributed by atoms with E-state index in [-0.39, 0.29) is 0 Å². The third kappa shape index (κ3) is 1.84. The Morgan fingerprint density at radius 2 is 2.21 bits per heavy atom. The molecule has 0 unspecified atom stereocenters. The zero-order chi connectivity index (χ0) is 9.97. The van der Waals surface area contributed by atoms with Gasteiger partial charge in [-0.05, 0) is 19.1 Å². The van der Waals surface area contributed by atoms with Crippen molar-refractivity contribution in [2.24, 2.45) is 7.05 Å². The molecular formula is C10H14N4. The SMILES string of the molecule is Cc1ccn(CCc2ccnn2C)n1. The average Bonchev–Trinajstić information content (AvgIpc) is 2.72. The molecule has 0 amide bonds. The van der Waals surface area contributed by atoms with Crippen molar-refractivity contribution < 1.29 is 0 Å². The van der Waals surface area contributed by atoms with Crippen LogP contribution in [0.15, 0.2) is 24.5 Å². The summed E-state index contributed by atoms with van der Waals surface area (Å²) in [5, 5.41) is 8.45. The number of rotatable bonds is 3. The van der Waals surface area contributed by atoms with E-state index in [9.17, 15) is 0 Å². The molecule has 0 atom stereocenters. The molecule has 0 fully saturated rings. The van der Waals surface area contributed by atoms with Gasteiger partial charge in [0.15, 0.2) is 0 Å². The van der Waals surface area contributed by atoms with Crippen LogP contribution in [0.25, 0.3) is 0 Å². The summed E-state index contributed by atoms with van der Waals surface area (Å²) in [6.07, 6.45) is 4.80. The van der Waals surface area contributed by atoms with Crippen LogP contribution in [0.1, 0.15) is 11.4 Å². The second-order valence-electron chi connectivity index (χ2n) is 3.42. The lowest BCUT2D eigenvalue weighted by Gasteiger charge is -2.02. The molecule has 0 aliphatic carbocycles. The van der Waals surface area contributed by atoms with Crippen LogP contribution in [-0.4, -0.2) is 19.6 Å². The quantitative estimate of drug-likeness (QED) is 0.728. The molecule has 0 N–H and O–H groups in total. The summed E-state index contributed by atoms with van der Waals surface area (Å²) in [5.41, 5.74) is 2.30.